The summed E-state index contributed by atoms with van der Waals surface area (Å²) in [5, 5.41) is 18.9. The Hall–Kier alpha value is -0.650. The Balaban J connectivity index is 2.89. The molecular formula is C10H12F2O2S. The standard InChI is InChI=1S/C10H12F2O2S/c11-6-1-2-8(12)7(5-6)10(14)9(13)3-4-15/h1-2,5,9-10,13-15H,3-4H2. The van der Waals surface area contributed by atoms with Crippen molar-refractivity contribution in [2.45, 2.75) is 18.6 Å². The summed E-state index contributed by atoms with van der Waals surface area (Å²) in [6.07, 6.45) is -2.35. The fourth-order valence-electron chi connectivity index (χ4n) is 1.24. The van der Waals surface area contributed by atoms with E-state index < -0.39 is 23.8 Å². The molecule has 0 bridgehead atoms. The van der Waals surface area contributed by atoms with E-state index in [1.54, 1.807) is 0 Å². The second-order valence-electron chi connectivity index (χ2n) is 3.19. The van der Waals surface area contributed by atoms with Crippen molar-refractivity contribution in [3.05, 3.63) is 35.4 Å². The minimum absolute atomic E-state index is 0.209. The van der Waals surface area contributed by atoms with Crippen molar-refractivity contribution in [2.24, 2.45) is 0 Å². The van der Waals surface area contributed by atoms with Crippen LogP contribution in [0.25, 0.3) is 0 Å². The van der Waals surface area contributed by atoms with Gasteiger partial charge < -0.3 is 10.2 Å². The molecule has 0 aromatic heterocycles. The maximum atomic E-state index is 13.2. The van der Waals surface area contributed by atoms with E-state index in [9.17, 15) is 19.0 Å². The van der Waals surface area contributed by atoms with Crippen LogP contribution >= 0.6 is 12.6 Å². The SMILES string of the molecule is OC(CCS)C(O)c1cc(F)ccc1F. The molecule has 0 spiro atoms. The molecule has 1 rings (SSSR count). The smallest absolute Gasteiger partial charge is 0.129 e. The van der Waals surface area contributed by atoms with Gasteiger partial charge in [-0.05, 0) is 30.4 Å². The molecule has 0 saturated heterocycles. The van der Waals surface area contributed by atoms with Crippen molar-refractivity contribution in [3.8, 4) is 0 Å². The lowest BCUT2D eigenvalue weighted by atomic mass is 10.0. The van der Waals surface area contributed by atoms with Crippen molar-refractivity contribution >= 4 is 12.6 Å². The van der Waals surface area contributed by atoms with Crippen molar-refractivity contribution in [3.63, 3.8) is 0 Å². The quantitative estimate of drug-likeness (QED) is 0.694. The molecule has 2 atom stereocenters. The van der Waals surface area contributed by atoms with Gasteiger partial charge in [-0.25, -0.2) is 8.78 Å². The first-order valence-corrected chi connectivity index (χ1v) is 5.11. The molecule has 2 N–H and O–H groups in total. The fourth-order valence-corrected chi connectivity index (χ4v) is 1.50. The third-order valence-corrected chi connectivity index (χ3v) is 2.32. The first kappa shape index (κ1) is 12.4. The lowest BCUT2D eigenvalue weighted by Crippen LogP contribution is -2.19. The van der Waals surface area contributed by atoms with E-state index in [2.05, 4.69) is 12.6 Å². The lowest BCUT2D eigenvalue weighted by Gasteiger charge is -2.17. The number of rotatable bonds is 4. The van der Waals surface area contributed by atoms with E-state index in [0.717, 1.165) is 18.2 Å². The van der Waals surface area contributed by atoms with Gasteiger partial charge in [0.2, 0.25) is 0 Å². The molecule has 84 valence electrons. The highest BCUT2D eigenvalue weighted by Gasteiger charge is 2.21. The Bertz CT molecular complexity index is 333. The largest absolute Gasteiger partial charge is 0.390 e. The zero-order valence-corrected chi connectivity index (χ0v) is 8.79. The second-order valence-corrected chi connectivity index (χ2v) is 3.64. The summed E-state index contributed by atoms with van der Waals surface area (Å²) in [7, 11) is 0. The molecule has 15 heavy (non-hydrogen) atoms. The van der Waals surface area contributed by atoms with Gasteiger partial charge in [0.05, 0.1) is 6.10 Å². The van der Waals surface area contributed by atoms with E-state index in [0.29, 0.717) is 5.75 Å². The fraction of sp³-hybridized carbons (Fsp3) is 0.400. The maximum absolute atomic E-state index is 13.2. The van der Waals surface area contributed by atoms with Crippen LogP contribution in [0.2, 0.25) is 0 Å². The van der Waals surface area contributed by atoms with Gasteiger partial charge in [-0.15, -0.1) is 0 Å². The first-order chi connectivity index (χ1) is 7.06. The van der Waals surface area contributed by atoms with Gasteiger partial charge >= 0.3 is 0 Å². The van der Waals surface area contributed by atoms with E-state index in [1.165, 1.54) is 0 Å². The Morgan fingerprint density at radius 3 is 2.53 bits per heavy atom. The number of thiol groups is 1. The minimum atomic E-state index is -1.42. The van der Waals surface area contributed by atoms with Gasteiger partial charge in [0.25, 0.3) is 0 Å². The van der Waals surface area contributed by atoms with Gasteiger partial charge in [-0.3, -0.25) is 0 Å². The predicted octanol–water partition coefficient (Wildman–Crippen LogP) is 1.68. The van der Waals surface area contributed by atoms with Gasteiger partial charge in [-0.1, -0.05) is 0 Å². The van der Waals surface area contributed by atoms with E-state index in [1.807, 2.05) is 0 Å². The molecule has 2 unspecified atom stereocenters. The monoisotopic (exact) mass is 234 g/mol. The molecule has 0 aliphatic carbocycles. The number of hydrogen-bond donors (Lipinski definition) is 3. The lowest BCUT2D eigenvalue weighted by molar-refractivity contribution is 0.0150. The normalized spacial score (nSPS) is 15.0. The highest BCUT2D eigenvalue weighted by molar-refractivity contribution is 7.80. The number of hydrogen-bond acceptors (Lipinski definition) is 3. The number of aliphatic hydroxyl groups is 2. The molecule has 0 fully saturated rings. The van der Waals surface area contributed by atoms with Crippen LogP contribution in [0, 0.1) is 11.6 Å². The van der Waals surface area contributed by atoms with Crippen molar-refractivity contribution in [1.82, 2.24) is 0 Å². The molecule has 1 aromatic carbocycles. The third kappa shape index (κ3) is 3.15. The Kier molecular flexibility index (Phi) is 4.50. The third-order valence-electron chi connectivity index (χ3n) is 2.07. The van der Waals surface area contributed by atoms with Crippen LogP contribution in [-0.4, -0.2) is 22.1 Å². The minimum Gasteiger partial charge on any atom is -0.390 e. The van der Waals surface area contributed by atoms with Crippen LogP contribution < -0.4 is 0 Å². The summed E-state index contributed by atoms with van der Waals surface area (Å²) in [5.41, 5.74) is -0.232. The molecule has 1 aromatic rings. The van der Waals surface area contributed by atoms with Crippen LogP contribution in [-0.2, 0) is 0 Å². The van der Waals surface area contributed by atoms with Gasteiger partial charge in [-0.2, -0.15) is 12.6 Å². The summed E-state index contributed by atoms with van der Waals surface area (Å²) in [6.45, 7) is 0. The summed E-state index contributed by atoms with van der Waals surface area (Å²) in [6, 6.07) is 2.75. The van der Waals surface area contributed by atoms with Crippen LogP contribution in [0.1, 0.15) is 18.1 Å². The molecule has 0 aliphatic rings. The summed E-state index contributed by atoms with van der Waals surface area (Å²) in [4.78, 5) is 0. The second kappa shape index (κ2) is 5.44. The van der Waals surface area contributed by atoms with E-state index in [4.69, 9.17) is 0 Å². The van der Waals surface area contributed by atoms with Gasteiger partial charge in [0.15, 0.2) is 0 Å². The molecule has 0 amide bonds. The molecule has 0 heterocycles. The van der Waals surface area contributed by atoms with Crippen LogP contribution in [0.3, 0.4) is 0 Å². The number of benzene rings is 1. The Morgan fingerprint density at radius 2 is 1.93 bits per heavy atom. The molecule has 0 radical (unpaired) electrons. The topological polar surface area (TPSA) is 40.5 Å². The van der Waals surface area contributed by atoms with Gasteiger partial charge in [0, 0.05) is 5.56 Å². The highest BCUT2D eigenvalue weighted by atomic mass is 32.1. The van der Waals surface area contributed by atoms with Gasteiger partial charge in [0.1, 0.15) is 17.7 Å². The molecular weight excluding hydrogens is 222 g/mol. The predicted molar refractivity (Wildman–Crippen MR) is 55.8 cm³/mol. The Labute approximate surface area is 92.0 Å². The summed E-state index contributed by atoms with van der Waals surface area (Å²) < 4.78 is 25.9. The molecule has 5 heteroatoms. The summed E-state index contributed by atoms with van der Waals surface area (Å²) >= 11 is 3.87. The van der Waals surface area contributed by atoms with Crippen LogP contribution in [0.4, 0.5) is 8.78 Å². The average Bonchev–Trinajstić information content (AvgIpc) is 2.21. The van der Waals surface area contributed by atoms with Crippen molar-refractivity contribution in [1.29, 1.82) is 0 Å². The Morgan fingerprint density at radius 1 is 1.27 bits per heavy atom. The van der Waals surface area contributed by atoms with Crippen molar-refractivity contribution in [2.75, 3.05) is 5.75 Å². The number of aliphatic hydroxyl groups excluding tert-OH is 2. The zero-order valence-electron chi connectivity index (χ0n) is 7.90. The summed E-state index contributed by atoms with van der Waals surface area (Å²) in [5.74, 6) is -1.03. The highest BCUT2D eigenvalue weighted by Crippen LogP contribution is 2.22. The maximum Gasteiger partial charge on any atom is 0.129 e. The molecule has 2 nitrogen and oxygen atoms in total. The van der Waals surface area contributed by atoms with Crippen LogP contribution in [0.15, 0.2) is 18.2 Å². The first-order valence-electron chi connectivity index (χ1n) is 4.48. The van der Waals surface area contributed by atoms with Crippen LogP contribution in [0.5, 0.6) is 0 Å². The number of halogens is 2. The van der Waals surface area contributed by atoms with Crippen molar-refractivity contribution < 1.29 is 19.0 Å². The zero-order chi connectivity index (χ0) is 11.4. The van der Waals surface area contributed by atoms with E-state index in [-0.39, 0.29) is 12.0 Å². The molecule has 0 aliphatic heterocycles. The average molecular weight is 234 g/mol. The van der Waals surface area contributed by atoms with E-state index >= 15 is 0 Å². The molecule has 0 saturated carbocycles.